The van der Waals surface area contributed by atoms with Gasteiger partial charge in [0.2, 0.25) is 10.3 Å². The summed E-state index contributed by atoms with van der Waals surface area (Å²) in [5.74, 6) is -0.934. The topological polar surface area (TPSA) is 80.5 Å². The number of likely N-dealkylation sites (N-methyl/N-ethyl adjacent to an activating group) is 1. The molecule has 0 aromatic rings. The van der Waals surface area contributed by atoms with Crippen LogP contribution in [0.1, 0.15) is 13.8 Å². The van der Waals surface area contributed by atoms with Crippen LogP contribution in [0.3, 0.4) is 0 Å². The highest BCUT2D eigenvalue weighted by atomic mass is 32.2. The van der Waals surface area contributed by atoms with E-state index in [0.29, 0.717) is 13.1 Å². The van der Waals surface area contributed by atoms with E-state index in [1.54, 1.807) is 4.90 Å². The third-order valence-corrected chi connectivity index (χ3v) is 3.84. The zero-order chi connectivity index (χ0) is 14.6. The Kier molecular flexibility index (Phi) is 5.11. The van der Waals surface area contributed by atoms with Crippen LogP contribution < -0.4 is 5.73 Å². The molecule has 0 aromatic carbocycles. The van der Waals surface area contributed by atoms with E-state index in [9.17, 15) is 13.2 Å². The van der Waals surface area contributed by atoms with Crippen molar-refractivity contribution in [2.75, 3.05) is 13.1 Å². The predicted octanol–water partition coefficient (Wildman–Crippen LogP) is 0.491. The van der Waals surface area contributed by atoms with Crippen molar-refractivity contribution in [1.29, 1.82) is 0 Å². The molecule has 0 saturated heterocycles. The fraction of sp³-hybridized carbons (Fsp3) is 0.385. The summed E-state index contributed by atoms with van der Waals surface area (Å²) < 4.78 is 22.4. The largest absolute Gasteiger partial charge is 0.398 e. The average Bonchev–Trinajstić information content (AvgIpc) is 2.38. The molecule has 1 amide bonds. The fourth-order valence-corrected chi connectivity index (χ4v) is 2.62. The summed E-state index contributed by atoms with van der Waals surface area (Å²) in [4.78, 5) is 14.1. The Morgan fingerprint density at radius 1 is 1.42 bits per heavy atom. The summed E-state index contributed by atoms with van der Waals surface area (Å²) >= 11 is 0. The summed E-state index contributed by atoms with van der Waals surface area (Å²) in [7, 11) is -2.40. The Hall–Kier alpha value is -1.82. The molecular formula is C13H18N2O3S. The van der Waals surface area contributed by atoms with Gasteiger partial charge < -0.3 is 10.6 Å². The minimum Gasteiger partial charge on any atom is -0.398 e. The number of carbonyl (C=O) groups excluding carboxylic acids is 1. The molecule has 0 heterocycles. The molecule has 0 fully saturated rings. The molecule has 1 rings (SSSR count). The monoisotopic (exact) mass is 282 g/mol. The molecule has 1 aliphatic rings. The lowest BCUT2D eigenvalue weighted by Crippen LogP contribution is -2.37. The Labute approximate surface area is 114 Å². The number of nitrogens with zero attached hydrogens (tertiary/aromatic N) is 1. The maximum Gasteiger partial charge on any atom is 0.252 e. The first kappa shape index (κ1) is 15.2. The molecule has 19 heavy (non-hydrogen) atoms. The number of hydrogen-bond acceptors (Lipinski definition) is 4. The molecule has 0 radical (unpaired) electrons. The average molecular weight is 282 g/mol. The normalized spacial score (nSPS) is 18.4. The van der Waals surface area contributed by atoms with Crippen molar-refractivity contribution in [2.45, 2.75) is 13.8 Å². The minimum absolute atomic E-state index is 0.111. The molecule has 104 valence electrons. The second-order valence-electron chi connectivity index (χ2n) is 4.03. The lowest BCUT2D eigenvalue weighted by molar-refractivity contribution is -0.127. The second-order valence-corrected chi connectivity index (χ2v) is 4.97. The first-order chi connectivity index (χ1) is 8.97. The van der Waals surface area contributed by atoms with Crippen molar-refractivity contribution in [2.24, 2.45) is 11.7 Å². The van der Waals surface area contributed by atoms with Gasteiger partial charge in [0.25, 0.3) is 5.91 Å². The van der Waals surface area contributed by atoms with Gasteiger partial charge in [0.15, 0.2) is 0 Å². The van der Waals surface area contributed by atoms with E-state index < -0.39 is 16.2 Å². The van der Waals surface area contributed by atoms with E-state index >= 15 is 0 Å². The van der Waals surface area contributed by atoms with E-state index in [0.717, 1.165) is 0 Å². The SMILES string of the molecule is C=CC1C(C(=O)N(CC)CC)=C(N)C=CC1=S(=O)=O. The van der Waals surface area contributed by atoms with Crippen LogP contribution in [0.2, 0.25) is 0 Å². The number of rotatable bonds is 4. The molecule has 6 heteroatoms. The van der Waals surface area contributed by atoms with Crippen LogP contribution in [-0.2, 0) is 15.1 Å². The van der Waals surface area contributed by atoms with Crippen LogP contribution >= 0.6 is 0 Å². The van der Waals surface area contributed by atoms with E-state index in [2.05, 4.69) is 6.58 Å². The summed E-state index contributed by atoms with van der Waals surface area (Å²) in [6, 6.07) is 0. The van der Waals surface area contributed by atoms with E-state index in [1.165, 1.54) is 18.2 Å². The second kappa shape index (κ2) is 6.38. The van der Waals surface area contributed by atoms with Crippen LogP contribution in [0.5, 0.6) is 0 Å². The Morgan fingerprint density at radius 2 is 2.00 bits per heavy atom. The first-order valence-corrected chi connectivity index (χ1v) is 7.11. The Morgan fingerprint density at radius 3 is 2.42 bits per heavy atom. The first-order valence-electron chi connectivity index (χ1n) is 6.03. The molecular weight excluding hydrogens is 264 g/mol. The van der Waals surface area contributed by atoms with Crippen LogP contribution in [-0.4, -0.2) is 37.2 Å². The molecule has 0 spiro atoms. The van der Waals surface area contributed by atoms with Gasteiger partial charge in [-0.25, -0.2) is 0 Å². The molecule has 2 N–H and O–H groups in total. The number of hydrogen-bond donors (Lipinski definition) is 1. The molecule has 0 bridgehead atoms. The van der Waals surface area contributed by atoms with Crippen LogP contribution in [0, 0.1) is 5.92 Å². The van der Waals surface area contributed by atoms with Gasteiger partial charge >= 0.3 is 0 Å². The van der Waals surface area contributed by atoms with Crippen molar-refractivity contribution >= 4 is 21.1 Å². The third kappa shape index (κ3) is 2.96. The van der Waals surface area contributed by atoms with Crippen molar-refractivity contribution in [3.05, 3.63) is 36.1 Å². The van der Waals surface area contributed by atoms with Gasteiger partial charge in [-0.3, -0.25) is 4.79 Å². The third-order valence-electron chi connectivity index (χ3n) is 3.06. The van der Waals surface area contributed by atoms with Crippen molar-refractivity contribution in [1.82, 2.24) is 4.90 Å². The zero-order valence-corrected chi connectivity index (χ0v) is 11.9. The van der Waals surface area contributed by atoms with Gasteiger partial charge in [-0.1, -0.05) is 6.08 Å². The smallest absolute Gasteiger partial charge is 0.252 e. The van der Waals surface area contributed by atoms with Gasteiger partial charge in [0.1, 0.15) is 0 Å². The van der Waals surface area contributed by atoms with Crippen LogP contribution in [0.15, 0.2) is 36.1 Å². The molecule has 1 aliphatic carbocycles. The zero-order valence-electron chi connectivity index (χ0n) is 11.1. The predicted molar refractivity (Wildman–Crippen MR) is 75.9 cm³/mol. The molecule has 5 nitrogen and oxygen atoms in total. The fourth-order valence-electron chi connectivity index (χ4n) is 2.02. The minimum atomic E-state index is -2.40. The van der Waals surface area contributed by atoms with Gasteiger partial charge in [0.05, 0.1) is 10.4 Å². The number of amides is 1. The summed E-state index contributed by atoms with van der Waals surface area (Å²) in [5.41, 5.74) is 6.40. The van der Waals surface area contributed by atoms with Crippen molar-refractivity contribution in [3.8, 4) is 0 Å². The standard InChI is InChI=1S/C13H18N2O3S/c1-4-9-11(19(17)18)8-7-10(14)12(9)13(16)15(5-2)6-3/h4,7-9H,1,5-6,14H2,2-3H3. The molecule has 0 aromatic heterocycles. The van der Waals surface area contributed by atoms with Crippen molar-refractivity contribution in [3.63, 3.8) is 0 Å². The van der Waals surface area contributed by atoms with E-state index in [4.69, 9.17) is 5.73 Å². The molecule has 0 aliphatic heterocycles. The van der Waals surface area contributed by atoms with E-state index in [1.807, 2.05) is 13.8 Å². The highest BCUT2D eigenvalue weighted by Crippen LogP contribution is 2.24. The maximum atomic E-state index is 12.4. The Balaban J connectivity index is 3.37. The van der Waals surface area contributed by atoms with Gasteiger partial charge in [-0.05, 0) is 26.0 Å². The van der Waals surface area contributed by atoms with Gasteiger partial charge in [0, 0.05) is 24.7 Å². The van der Waals surface area contributed by atoms with Crippen LogP contribution in [0.4, 0.5) is 0 Å². The molecule has 0 saturated carbocycles. The maximum absolute atomic E-state index is 12.4. The number of nitrogens with two attached hydrogens (primary N) is 1. The van der Waals surface area contributed by atoms with Gasteiger partial charge in [-0.2, -0.15) is 8.42 Å². The quantitative estimate of drug-likeness (QED) is 0.601. The Bertz CT molecular complexity index is 573. The van der Waals surface area contributed by atoms with Gasteiger partial charge in [-0.15, -0.1) is 6.58 Å². The summed E-state index contributed by atoms with van der Waals surface area (Å²) in [5, 5.41) is 0. The molecule has 1 atom stereocenters. The lowest BCUT2D eigenvalue weighted by Gasteiger charge is -2.26. The highest BCUT2D eigenvalue weighted by molar-refractivity contribution is 7.73. The summed E-state index contributed by atoms with van der Waals surface area (Å²) in [6.07, 6.45) is 4.28. The number of allylic oxidation sites excluding steroid dienone is 3. The highest BCUT2D eigenvalue weighted by Gasteiger charge is 2.30. The number of carbonyl (C=O) groups is 1. The van der Waals surface area contributed by atoms with E-state index in [-0.39, 0.29) is 22.0 Å². The van der Waals surface area contributed by atoms with Crippen LogP contribution in [0.25, 0.3) is 0 Å². The van der Waals surface area contributed by atoms with Crippen molar-refractivity contribution < 1.29 is 13.2 Å². The molecule has 1 unspecified atom stereocenters. The summed E-state index contributed by atoms with van der Waals surface area (Å²) in [6.45, 7) is 8.40. The lowest BCUT2D eigenvalue weighted by atomic mass is 9.88.